The number of fused-ring (bicyclic) bond motifs is 2. The molecule has 6 rings (SSSR count). The van der Waals surface area contributed by atoms with Gasteiger partial charge in [0.1, 0.15) is 17.5 Å². The Morgan fingerprint density at radius 3 is 2.32 bits per heavy atom. The molecule has 0 aliphatic carbocycles. The summed E-state index contributed by atoms with van der Waals surface area (Å²) in [4.78, 5) is 55.5. The Labute approximate surface area is 256 Å². The lowest BCUT2D eigenvalue weighted by Gasteiger charge is -2.30. The van der Waals surface area contributed by atoms with Crippen molar-refractivity contribution in [1.82, 2.24) is 4.57 Å². The number of aromatic nitrogens is 1. The van der Waals surface area contributed by atoms with E-state index in [0.717, 1.165) is 21.4 Å². The number of hydrogen-bond donors (Lipinski definition) is 1. The van der Waals surface area contributed by atoms with E-state index in [0.29, 0.717) is 32.1 Å². The number of anilines is 2. The molecule has 0 unspecified atom stereocenters. The number of nitrogens with zero attached hydrogens (tertiary/aromatic N) is 2. The SMILES string of the molecule is COc1ccc(NC(=O)Cn2c3c(sc2=O)[C@@H](c2ccc(Cl)cc2)[C@H]2C(=O)N(c4ccc(Br)cc4)C(=O)[C@H]2S3)cc1. The van der Waals surface area contributed by atoms with E-state index in [2.05, 4.69) is 21.2 Å². The van der Waals surface area contributed by atoms with Gasteiger partial charge in [0.25, 0.3) is 0 Å². The van der Waals surface area contributed by atoms with Crippen LogP contribution in [-0.4, -0.2) is 34.6 Å². The summed E-state index contributed by atoms with van der Waals surface area (Å²) in [6, 6.07) is 20.9. The van der Waals surface area contributed by atoms with Gasteiger partial charge >= 0.3 is 4.87 Å². The van der Waals surface area contributed by atoms with Crippen LogP contribution in [0, 0.1) is 5.92 Å². The van der Waals surface area contributed by atoms with Crippen molar-refractivity contribution >= 4 is 79.7 Å². The number of carbonyl (C=O) groups is 3. The Hall–Kier alpha value is -3.38. The van der Waals surface area contributed by atoms with Crippen LogP contribution in [0.5, 0.6) is 5.75 Å². The highest BCUT2D eigenvalue weighted by Crippen LogP contribution is 2.54. The number of nitrogens with one attached hydrogen (secondary N) is 1. The van der Waals surface area contributed by atoms with Crippen LogP contribution >= 0.6 is 50.6 Å². The average molecular weight is 671 g/mol. The van der Waals surface area contributed by atoms with E-state index < -0.39 is 23.0 Å². The van der Waals surface area contributed by atoms with Crippen molar-refractivity contribution in [2.75, 3.05) is 17.3 Å². The molecule has 1 aromatic heterocycles. The minimum atomic E-state index is -0.774. The summed E-state index contributed by atoms with van der Waals surface area (Å²) in [5.41, 5.74) is 1.80. The number of imide groups is 1. The second-order valence-corrected chi connectivity index (χ2v) is 13.0. The summed E-state index contributed by atoms with van der Waals surface area (Å²) < 4.78 is 7.37. The number of hydrogen-bond acceptors (Lipinski definition) is 7. The Morgan fingerprint density at radius 2 is 1.66 bits per heavy atom. The van der Waals surface area contributed by atoms with Gasteiger partial charge in [0.05, 0.1) is 23.7 Å². The molecule has 3 amide bonds. The van der Waals surface area contributed by atoms with E-state index >= 15 is 0 Å². The number of halogens is 2. The molecule has 3 heterocycles. The van der Waals surface area contributed by atoms with Crippen LogP contribution in [0.4, 0.5) is 11.4 Å². The summed E-state index contributed by atoms with van der Waals surface area (Å²) in [6.45, 7) is -0.243. The average Bonchev–Trinajstić information content (AvgIpc) is 3.40. The smallest absolute Gasteiger partial charge is 0.308 e. The fraction of sp³-hybridized carbons (Fsp3) is 0.172. The molecule has 1 fully saturated rings. The van der Waals surface area contributed by atoms with E-state index in [9.17, 15) is 19.2 Å². The highest BCUT2D eigenvalue weighted by Gasteiger charge is 2.56. The van der Waals surface area contributed by atoms with Crippen LogP contribution in [0.3, 0.4) is 0 Å². The topological polar surface area (TPSA) is 97.7 Å². The second-order valence-electron chi connectivity index (χ2n) is 9.48. The van der Waals surface area contributed by atoms with Crippen LogP contribution < -0.4 is 19.8 Å². The molecule has 2 aliphatic heterocycles. The first-order chi connectivity index (χ1) is 19.7. The fourth-order valence-corrected chi connectivity index (χ4v) is 8.31. The van der Waals surface area contributed by atoms with Crippen LogP contribution in [-0.2, 0) is 20.9 Å². The molecule has 41 heavy (non-hydrogen) atoms. The Bertz CT molecular complexity index is 1720. The molecule has 0 radical (unpaired) electrons. The maximum Gasteiger partial charge on any atom is 0.308 e. The quantitative estimate of drug-likeness (QED) is 0.262. The van der Waals surface area contributed by atoms with E-state index in [1.54, 1.807) is 67.8 Å². The lowest BCUT2D eigenvalue weighted by atomic mass is 9.83. The fourth-order valence-electron chi connectivity index (χ4n) is 5.15. The van der Waals surface area contributed by atoms with Crippen molar-refractivity contribution in [3.05, 3.63) is 102 Å². The van der Waals surface area contributed by atoms with E-state index in [1.165, 1.54) is 21.2 Å². The van der Waals surface area contributed by atoms with Crippen LogP contribution in [0.15, 0.2) is 87.1 Å². The van der Waals surface area contributed by atoms with E-state index in [-0.39, 0.29) is 23.2 Å². The largest absolute Gasteiger partial charge is 0.497 e. The number of methoxy groups -OCH3 is 1. The number of thiazole rings is 1. The molecule has 0 spiro atoms. The summed E-state index contributed by atoms with van der Waals surface area (Å²) in [5.74, 6) is -1.72. The molecule has 1 saturated heterocycles. The van der Waals surface area contributed by atoms with Gasteiger partial charge in [0.2, 0.25) is 17.7 Å². The zero-order chi connectivity index (χ0) is 28.8. The summed E-state index contributed by atoms with van der Waals surface area (Å²) in [7, 11) is 1.56. The maximum absolute atomic E-state index is 13.9. The predicted molar refractivity (Wildman–Crippen MR) is 163 cm³/mol. The standard InChI is InChI=1S/C29H21BrClN3O5S2/c1-39-20-12-8-18(9-13-20)32-21(35)14-33-28-25(41-29(33)38)22(15-2-6-17(31)7-3-15)23-24(40-28)27(37)34(26(23)36)19-10-4-16(30)5-11-19/h2-13,22-24H,14H2,1H3,(H,32,35)/t22-,23+,24-/m0/s1. The van der Waals surface area contributed by atoms with Gasteiger partial charge in [-0.3, -0.25) is 23.7 Å². The molecule has 8 nitrogen and oxygen atoms in total. The van der Waals surface area contributed by atoms with Gasteiger partial charge in [0, 0.05) is 26.0 Å². The summed E-state index contributed by atoms with van der Waals surface area (Å²) in [6.07, 6.45) is 0. The van der Waals surface area contributed by atoms with Gasteiger partial charge < -0.3 is 10.1 Å². The minimum absolute atomic E-state index is 0.243. The Morgan fingerprint density at radius 1 is 0.976 bits per heavy atom. The molecule has 208 valence electrons. The molecule has 3 aromatic carbocycles. The van der Waals surface area contributed by atoms with Gasteiger partial charge in [-0.2, -0.15) is 0 Å². The van der Waals surface area contributed by atoms with E-state index in [4.69, 9.17) is 16.3 Å². The second kappa shape index (κ2) is 11.1. The zero-order valence-corrected chi connectivity index (χ0v) is 25.4. The minimum Gasteiger partial charge on any atom is -0.497 e. The molecule has 2 aliphatic rings. The van der Waals surface area contributed by atoms with Crippen molar-refractivity contribution in [2.24, 2.45) is 5.92 Å². The molecule has 1 N–H and O–H groups in total. The van der Waals surface area contributed by atoms with Crippen molar-refractivity contribution in [3.8, 4) is 5.75 Å². The number of carbonyl (C=O) groups excluding carboxylic acids is 3. The normalized spacial score (nSPS) is 19.6. The van der Waals surface area contributed by atoms with Gasteiger partial charge in [-0.1, -0.05) is 62.8 Å². The van der Waals surface area contributed by atoms with Gasteiger partial charge in [-0.15, -0.1) is 0 Å². The van der Waals surface area contributed by atoms with Crippen molar-refractivity contribution in [3.63, 3.8) is 0 Å². The molecular weight excluding hydrogens is 650 g/mol. The number of thioether (sulfide) groups is 1. The van der Waals surface area contributed by atoms with Crippen molar-refractivity contribution < 1.29 is 19.1 Å². The first-order valence-electron chi connectivity index (χ1n) is 12.5. The van der Waals surface area contributed by atoms with Crippen molar-refractivity contribution in [1.29, 1.82) is 0 Å². The van der Waals surface area contributed by atoms with Gasteiger partial charge in [-0.25, -0.2) is 4.90 Å². The highest BCUT2D eigenvalue weighted by molar-refractivity contribution is 9.10. The predicted octanol–water partition coefficient (Wildman–Crippen LogP) is 5.77. The number of benzene rings is 3. The molecule has 0 saturated carbocycles. The number of rotatable bonds is 6. The highest BCUT2D eigenvalue weighted by atomic mass is 79.9. The third kappa shape index (κ3) is 5.12. The zero-order valence-electron chi connectivity index (χ0n) is 21.4. The molecule has 3 atom stereocenters. The molecular formula is C29H21BrClN3O5S2. The number of ether oxygens (including phenoxy) is 1. The first kappa shape index (κ1) is 27.8. The van der Waals surface area contributed by atoms with Crippen LogP contribution in [0.25, 0.3) is 0 Å². The summed E-state index contributed by atoms with van der Waals surface area (Å²) in [5, 5.41) is 3.08. The Balaban J connectivity index is 1.38. The molecule has 0 bridgehead atoms. The Kier molecular flexibility index (Phi) is 7.54. The van der Waals surface area contributed by atoms with E-state index in [1.807, 2.05) is 12.1 Å². The summed E-state index contributed by atoms with van der Waals surface area (Å²) >= 11 is 11.7. The van der Waals surface area contributed by atoms with Crippen LogP contribution in [0.1, 0.15) is 16.4 Å². The molecule has 12 heteroatoms. The number of amides is 3. The lowest BCUT2D eigenvalue weighted by Crippen LogP contribution is -2.33. The van der Waals surface area contributed by atoms with Gasteiger partial charge in [0.15, 0.2) is 0 Å². The third-order valence-electron chi connectivity index (χ3n) is 7.04. The van der Waals surface area contributed by atoms with Crippen LogP contribution in [0.2, 0.25) is 5.02 Å². The maximum atomic E-state index is 13.9. The molecule has 4 aromatic rings. The third-order valence-corrected chi connectivity index (χ3v) is 10.4. The lowest BCUT2D eigenvalue weighted by molar-refractivity contribution is -0.122. The van der Waals surface area contributed by atoms with Crippen molar-refractivity contribution in [2.45, 2.75) is 22.7 Å². The van der Waals surface area contributed by atoms with Gasteiger partial charge in [-0.05, 0) is 66.2 Å². The first-order valence-corrected chi connectivity index (χ1v) is 15.3. The monoisotopic (exact) mass is 669 g/mol.